The zero-order valence-electron chi connectivity index (χ0n) is 13.7. The summed E-state index contributed by atoms with van der Waals surface area (Å²) < 4.78 is 5.56. The molecule has 0 atom stereocenters. The van der Waals surface area contributed by atoms with Crippen LogP contribution in [0.3, 0.4) is 0 Å². The highest BCUT2D eigenvalue weighted by atomic mass is 35.5. The van der Waals surface area contributed by atoms with Gasteiger partial charge in [-0.25, -0.2) is 4.98 Å². The van der Waals surface area contributed by atoms with Gasteiger partial charge in [0, 0.05) is 30.2 Å². The number of nitrogens with one attached hydrogen (secondary N) is 1. The van der Waals surface area contributed by atoms with E-state index in [9.17, 15) is 0 Å². The summed E-state index contributed by atoms with van der Waals surface area (Å²) in [6.07, 6.45) is 1.81. The first kappa shape index (κ1) is 16.8. The van der Waals surface area contributed by atoms with E-state index in [4.69, 9.17) is 21.6 Å². The number of hydrogen-bond acceptors (Lipinski definition) is 4. The van der Waals surface area contributed by atoms with Gasteiger partial charge in [0.15, 0.2) is 0 Å². The minimum atomic E-state index is -0.0873. The molecule has 1 saturated heterocycles. The summed E-state index contributed by atoms with van der Waals surface area (Å²) in [6, 6.07) is 14.0. The molecule has 1 aliphatic rings. The zero-order valence-corrected chi connectivity index (χ0v) is 14.4. The van der Waals surface area contributed by atoms with Crippen molar-refractivity contribution in [2.24, 2.45) is 0 Å². The summed E-state index contributed by atoms with van der Waals surface area (Å²) in [7, 11) is 0. The minimum Gasteiger partial charge on any atom is -0.381 e. The maximum atomic E-state index is 9.15. The Morgan fingerprint density at radius 2 is 2.00 bits per heavy atom. The molecule has 24 heavy (non-hydrogen) atoms. The van der Waals surface area contributed by atoms with E-state index in [1.807, 2.05) is 37.3 Å². The van der Waals surface area contributed by atoms with Crippen LogP contribution in [0.25, 0.3) is 0 Å². The highest BCUT2D eigenvalue weighted by Crippen LogP contribution is 2.38. The Balaban J connectivity index is 1.86. The van der Waals surface area contributed by atoms with Crippen molar-refractivity contribution in [1.29, 1.82) is 5.26 Å². The molecular formula is C19H20ClN3O. The number of halogens is 1. The summed E-state index contributed by atoms with van der Waals surface area (Å²) in [5.41, 5.74) is 2.40. The summed E-state index contributed by atoms with van der Waals surface area (Å²) >= 11 is 6.47. The van der Waals surface area contributed by atoms with E-state index in [0.717, 1.165) is 48.0 Å². The van der Waals surface area contributed by atoms with Gasteiger partial charge in [0.05, 0.1) is 0 Å². The molecule has 3 rings (SSSR count). The van der Waals surface area contributed by atoms with Gasteiger partial charge in [-0.2, -0.15) is 5.26 Å². The fourth-order valence-corrected chi connectivity index (χ4v) is 3.53. The van der Waals surface area contributed by atoms with Crippen molar-refractivity contribution < 1.29 is 4.74 Å². The number of nitrogens with zero attached hydrogens (tertiary/aromatic N) is 2. The van der Waals surface area contributed by atoms with Crippen LogP contribution in [0.2, 0.25) is 5.02 Å². The Morgan fingerprint density at radius 1 is 1.25 bits per heavy atom. The lowest BCUT2D eigenvalue weighted by Gasteiger charge is -2.38. The van der Waals surface area contributed by atoms with Crippen molar-refractivity contribution in [2.45, 2.75) is 25.2 Å². The largest absolute Gasteiger partial charge is 0.381 e. The smallest absolute Gasteiger partial charge is 0.145 e. The first-order valence-corrected chi connectivity index (χ1v) is 8.47. The van der Waals surface area contributed by atoms with Crippen molar-refractivity contribution in [1.82, 2.24) is 4.98 Å². The van der Waals surface area contributed by atoms with Crippen LogP contribution in [0.4, 0.5) is 5.82 Å². The van der Waals surface area contributed by atoms with Crippen molar-refractivity contribution >= 4 is 17.4 Å². The molecule has 1 aliphatic heterocycles. The third-order valence-corrected chi connectivity index (χ3v) is 5.04. The number of rotatable bonds is 4. The molecule has 0 spiro atoms. The molecule has 0 aliphatic carbocycles. The lowest BCUT2D eigenvalue weighted by atomic mass is 9.74. The fraction of sp³-hybridized carbons (Fsp3) is 0.368. The van der Waals surface area contributed by atoms with E-state index in [0.29, 0.717) is 12.2 Å². The monoisotopic (exact) mass is 341 g/mol. The maximum absolute atomic E-state index is 9.15. The summed E-state index contributed by atoms with van der Waals surface area (Å²) in [6.45, 7) is 4.04. The van der Waals surface area contributed by atoms with Crippen molar-refractivity contribution in [2.75, 3.05) is 25.1 Å². The molecule has 1 N–H and O–H groups in total. The number of nitriles is 1. The first-order chi connectivity index (χ1) is 11.6. The summed E-state index contributed by atoms with van der Waals surface area (Å²) in [5, 5.41) is 13.3. The highest BCUT2D eigenvalue weighted by Gasteiger charge is 2.36. The normalized spacial score (nSPS) is 16.4. The maximum Gasteiger partial charge on any atom is 0.145 e. The van der Waals surface area contributed by atoms with Crippen molar-refractivity contribution in [3.05, 3.63) is 58.2 Å². The molecule has 1 aromatic carbocycles. The van der Waals surface area contributed by atoms with Crippen LogP contribution in [0, 0.1) is 18.3 Å². The first-order valence-electron chi connectivity index (χ1n) is 8.09. The van der Waals surface area contributed by atoms with Crippen LogP contribution >= 0.6 is 11.6 Å². The van der Waals surface area contributed by atoms with E-state index in [-0.39, 0.29) is 5.41 Å². The minimum absolute atomic E-state index is 0.0873. The van der Waals surface area contributed by atoms with Gasteiger partial charge in [-0.3, -0.25) is 0 Å². The van der Waals surface area contributed by atoms with Gasteiger partial charge >= 0.3 is 0 Å². The van der Waals surface area contributed by atoms with E-state index in [1.54, 1.807) is 0 Å². The standard InChI is InChI=1S/C19H20ClN3O/c1-14-6-7-18(23-17(14)12-21)22-13-19(8-10-24-11-9-19)15-4-2-3-5-16(15)20/h2-7H,8-11,13H2,1H3,(H,22,23). The van der Waals surface area contributed by atoms with Crippen LogP contribution in [-0.2, 0) is 10.2 Å². The Labute approximate surface area is 147 Å². The lowest BCUT2D eigenvalue weighted by molar-refractivity contribution is 0.0544. The molecule has 2 heterocycles. The highest BCUT2D eigenvalue weighted by molar-refractivity contribution is 6.31. The SMILES string of the molecule is Cc1ccc(NCC2(c3ccccc3Cl)CCOCC2)nc1C#N. The Bertz CT molecular complexity index is 763. The van der Waals surface area contributed by atoms with E-state index in [2.05, 4.69) is 22.4 Å². The van der Waals surface area contributed by atoms with Crippen molar-refractivity contribution in [3.8, 4) is 6.07 Å². The Kier molecular flexibility index (Phi) is 5.03. The van der Waals surface area contributed by atoms with Gasteiger partial charge in [-0.05, 0) is 43.0 Å². The van der Waals surface area contributed by atoms with Gasteiger partial charge in [-0.1, -0.05) is 35.9 Å². The molecule has 0 saturated carbocycles. The van der Waals surface area contributed by atoms with Crippen LogP contribution < -0.4 is 5.32 Å². The number of ether oxygens (including phenoxy) is 1. The topological polar surface area (TPSA) is 57.9 Å². The van der Waals surface area contributed by atoms with E-state index >= 15 is 0 Å². The van der Waals surface area contributed by atoms with Gasteiger partial charge in [0.1, 0.15) is 17.6 Å². The molecule has 2 aromatic rings. The molecule has 124 valence electrons. The number of aromatic nitrogens is 1. The molecule has 0 unspecified atom stereocenters. The van der Waals surface area contributed by atoms with Gasteiger partial charge in [0.25, 0.3) is 0 Å². The molecule has 1 aromatic heterocycles. The molecule has 1 fully saturated rings. The number of benzene rings is 1. The molecule has 0 bridgehead atoms. The van der Waals surface area contributed by atoms with Gasteiger partial charge < -0.3 is 10.1 Å². The molecular weight excluding hydrogens is 322 g/mol. The third kappa shape index (κ3) is 3.38. The van der Waals surface area contributed by atoms with Crippen LogP contribution in [0.5, 0.6) is 0 Å². The van der Waals surface area contributed by atoms with E-state index < -0.39 is 0 Å². The van der Waals surface area contributed by atoms with Crippen molar-refractivity contribution in [3.63, 3.8) is 0 Å². The van der Waals surface area contributed by atoms with Crippen LogP contribution in [0.15, 0.2) is 36.4 Å². The van der Waals surface area contributed by atoms with Gasteiger partial charge in [-0.15, -0.1) is 0 Å². The summed E-state index contributed by atoms with van der Waals surface area (Å²) in [5.74, 6) is 0.718. The Hall–Kier alpha value is -2.09. The number of pyridine rings is 1. The van der Waals surface area contributed by atoms with Crippen LogP contribution in [0.1, 0.15) is 29.7 Å². The average Bonchev–Trinajstić information content (AvgIpc) is 2.62. The quantitative estimate of drug-likeness (QED) is 0.910. The second kappa shape index (κ2) is 7.21. The fourth-order valence-electron chi connectivity index (χ4n) is 3.19. The second-order valence-corrected chi connectivity index (χ2v) is 6.61. The number of hydrogen-bond donors (Lipinski definition) is 1. The third-order valence-electron chi connectivity index (χ3n) is 4.71. The van der Waals surface area contributed by atoms with E-state index in [1.165, 1.54) is 0 Å². The zero-order chi connectivity index (χ0) is 17.0. The lowest BCUT2D eigenvalue weighted by Crippen LogP contribution is -2.40. The summed E-state index contributed by atoms with van der Waals surface area (Å²) in [4.78, 5) is 4.39. The Morgan fingerprint density at radius 3 is 2.71 bits per heavy atom. The molecule has 5 heteroatoms. The second-order valence-electron chi connectivity index (χ2n) is 6.20. The average molecular weight is 342 g/mol. The number of aryl methyl sites for hydroxylation is 1. The molecule has 0 radical (unpaired) electrons. The molecule has 4 nitrogen and oxygen atoms in total. The van der Waals surface area contributed by atoms with Crippen LogP contribution in [-0.4, -0.2) is 24.7 Å². The number of anilines is 1. The molecule has 0 amide bonds. The predicted octanol–water partition coefficient (Wildman–Crippen LogP) is 4.08. The predicted molar refractivity (Wildman–Crippen MR) is 95.4 cm³/mol. The van der Waals surface area contributed by atoms with Gasteiger partial charge in [0.2, 0.25) is 0 Å².